The van der Waals surface area contributed by atoms with Gasteiger partial charge in [-0.15, -0.1) is 0 Å². The highest BCUT2D eigenvalue weighted by Crippen LogP contribution is 2.30. The quantitative estimate of drug-likeness (QED) is 0.439. The first-order chi connectivity index (χ1) is 18.2. The summed E-state index contributed by atoms with van der Waals surface area (Å²) < 4.78 is 27.8. The number of carbonyl (C=O) groups is 1. The molecule has 2 aromatic carbocycles. The largest absolute Gasteiger partial charge is 0.390 e. The zero-order chi connectivity index (χ0) is 27.3. The number of rotatable bonds is 8. The zero-order valence-corrected chi connectivity index (χ0v) is 23.0. The standard InChI is InChI=1S/C30H37N3O4S/c1-21(2)18-26(25-13-9-12-24(19-25)23-10-5-4-6-11-23)30(35)32-27-16-15-22(3)33(20-28(27)34)38(36,37)29-14-7-8-17-31-29/h4-14,17,19,21-22,26-28,34H,15-16,18,20H2,1-3H3,(H,32,35)/t22-,26-,27-,28-/m1/s1. The molecular weight excluding hydrogens is 498 g/mol. The molecule has 0 aliphatic carbocycles. The van der Waals surface area contributed by atoms with Gasteiger partial charge in [0, 0.05) is 18.8 Å². The molecule has 4 atom stereocenters. The molecule has 3 aromatic rings. The maximum Gasteiger partial charge on any atom is 0.260 e. The van der Waals surface area contributed by atoms with Crippen molar-refractivity contribution < 1.29 is 18.3 Å². The topological polar surface area (TPSA) is 99.6 Å². The Labute approximate surface area is 226 Å². The van der Waals surface area contributed by atoms with Crippen LogP contribution in [0.15, 0.2) is 84.0 Å². The summed E-state index contributed by atoms with van der Waals surface area (Å²) in [7, 11) is -3.88. The van der Waals surface area contributed by atoms with Gasteiger partial charge in [0.25, 0.3) is 10.0 Å². The first-order valence-corrected chi connectivity index (χ1v) is 14.7. The number of amides is 1. The second-order valence-corrected chi connectivity index (χ2v) is 12.4. The first-order valence-electron chi connectivity index (χ1n) is 13.2. The molecule has 0 unspecified atom stereocenters. The van der Waals surface area contributed by atoms with E-state index in [1.807, 2.05) is 55.5 Å². The number of nitrogens with zero attached hydrogens (tertiary/aromatic N) is 2. The van der Waals surface area contributed by atoms with E-state index in [0.717, 1.165) is 16.7 Å². The van der Waals surface area contributed by atoms with Gasteiger partial charge in [0.15, 0.2) is 5.03 Å². The van der Waals surface area contributed by atoms with Crippen molar-refractivity contribution in [2.75, 3.05) is 6.54 Å². The second-order valence-electron chi connectivity index (χ2n) is 10.5. The molecule has 4 rings (SSSR count). The van der Waals surface area contributed by atoms with Crippen molar-refractivity contribution in [3.05, 3.63) is 84.6 Å². The molecule has 0 bridgehead atoms. The normalized spacial score (nSPS) is 21.6. The zero-order valence-electron chi connectivity index (χ0n) is 22.2. The molecule has 202 valence electrons. The van der Waals surface area contributed by atoms with Crippen molar-refractivity contribution in [3.63, 3.8) is 0 Å². The third-order valence-electron chi connectivity index (χ3n) is 7.18. The molecule has 2 heterocycles. The van der Waals surface area contributed by atoms with Crippen molar-refractivity contribution >= 4 is 15.9 Å². The summed E-state index contributed by atoms with van der Waals surface area (Å²) in [6.07, 6.45) is 2.03. The Bertz CT molecular complexity index is 1320. The van der Waals surface area contributed by atoms with Gasteiger partial charge in [-0.05, 0) is 60.9 Å². The van der Waals surface area contributed by atoms with E-state index in [4.69, 9.17) is 0 Å². The first kappa shape index (κ1) is 28.0. The van der Waals surface area contributed by atoms with Gasteiger partial charge in [0.2, 0.25) is 5.91 Å². The smallest absolute Gasteiger partial charge is 0.260 e. The minimum Gasteiger partial charge on any atom is -0.390 e. The summed E-state index contributed by atoms with van der Waals surface area (Å²) >= 11 is 0. The number of aliphatic hydroxyl groups is 1. The molecule has 8 heteroatoms. The number of β-amino-alcohol motifs (C(OH)–C–C–N with tert-alkyl or cyclic N) is 1. The Morgan fingerprint density at radius 3 is 2.42 bits per heavy atom. The molecule has 2 N–H and O–H groups in total. The summed E-state index contributed by atoms with van der Waals surface area (Å²) in [4.78, 5) is 17.7. The Morgan fingerprint density at radius 2 is 1.74 bits per heavy atom. The maximum atomic E-state index is 13.7. The number of sulfonamides is 1. The number of hydrogen-bond acceptors (Lipinski definition) is 5. The molecule has 1 aliphatic heterocycles. The number of hydrogen-bond donors (Lipinski definition) is 2. The Balaban J connectivity index is 1.53. The van der Waals surface area contributed by atoms with Crippen molar-refractivity contribution in [2.24, 2.45) is 5.92 Å². The monoisotopic (exact) mass is 535 g/mol. The van der Waals surface area contributed by atoms with E-state index in [9.17, 15) is 18.3 Å². The lowest BCUT2D eigenvalue weighted by Crippen LogP contribution is -2.49. The van der Waals surface area contributed by atoms with Crippen molar-refractivity contribution in [3.8, 4) is 11.1 Å². The maximum absolute atomic E-state index is 13.7. The lowest BCUT2D eigenvalue weighted by atomic mass is 9.87. The molecule has 0 saturated carbocycles. The number of benzene rings is 2. The second kappa shape index (κ2) is 12.2. The van der Waals surface area contributed by atoms with E-state index < -0.39 is 22.2 Å². The summed E-state index contributed by atoms with van der Waals surface area (Å²) in [5.74, 6) is -0.259. The van der Waals surface area contributed by atoms with Crippen LogP contribution in [0.3, 0.4) is 0 Å². The van der Waals surface area contributed by atoms with Gasteiger partial charge >= 0.3 is 0 Å². The highest BCUT2D eigenvalue weighted by atomic mass is 32.2. The molecule has 0 radical (unpaired) electrons. The van der Waals surface area contributed by atoms with Gasteiger partial charge in [0.1, 0.15) is 0 Å². The van der Waals surface area contributed by atoms with Crippen LogP contribution in [0, 0.1) is 5.92 Å². The fraction of sp³-hybridized carbons (Fsp3) is 0.400. The summed E-state index contributed by atoms with van der Waals surface area (Å²) in [6.45, 7) is 5.89. The van der Waals surface area contributed by atoms with E-state index >= 15 is 0 Å². The van der Waals surface area contributed by atoms with E-state index in [-0.39, 0.29) is 35.4 Å². The highest BCUT2D eigenvalue weighted by Gasteiger charge is 2.38. The van der Waals surface area contributed by atoms with E-state index in [1.54, 1.807) is 12.1 Å². The number of aromatic nitrogens is 1. The molecule has 1 amide bonds. The lowest BCUT2D eigenvalue weighted by molar-refractivity contribution is -0.124. The van der Waals surface area contributed by atoms with Gasteiger partial charge in [-0.1, -0.05) is 74.5 Å². The average Bonchev–Trinajstić information content (AvgIpc) is 3.06. The highest BCUT2D eigenvalue weighted by molar-refractivity contribution is 7.89. The van der Waals surface area contributed by atoms with Crippen LogP contribution in [0.1, 0.15) is 51.5 Å². The fourth-order valence-electron chi connectivity index (χ4n) is 5.09. The molecule has 1 fully saturated rings. The van der Waals surface area contributed by atoms with Gasteiger partial charge in [-0.2, -0.15) is 4.31 Å². The van der Waals surface area contributed by atoms with Crippen LogP contribution in [-0.2, 0) is 14.8 Å². The van der Waals surface area contributed by atoms with Gasteiger partial charge < -0.3 is 10.4 Å². The number of aliphatic hydroxyl groups excluding tert-OH is 1. The van der Waals surface area contributed by atoms with Gasteiger partial charge in [0.05, 0.1) is 18.1 Å². The molecule has 7 nitrogen and oxygen atoms in total. The Hall–Kier alpha value is -3.07. The number of nitrogens with one attached hydrogen (secondary N) is 1. The van der Waals surface area contributed by atoms with Crippen LogP contribution in [-0.4, -0.2) is 53.5 Å². The van der Waals surface area contributed by atoms with Crippen molar-refractivity contribution in [2.45, 2.75) is 69.2 Å². The van der Waals surface area contributed by atoms with Crippen LogP contribution in [0.2, 0.25) is 0 Å². The van der Waals surface area contributed by atoms with Crippen molar-refractivity contribution in [1.82, 2.24) is 14.6 Å². The third kappa shape index (κ3) is 6.49. The van der Waals surface area contributed by atoms with Crippen LogP contribution < -0.4 is 5.32 Å². The molecule has 38 heavy (non-hydrogen) atoms. The molecule has 0 spiro atoms. The minimum absolute atomic E-state index is 0.0446. The lowest BCUT2D eigenvalue weighted by Gasteiger charge is -2.28. The van der Waals surface area contributed by atoms with Crippen molar-refractivity contribution in [1.29, 1.82) is 0 Å². The van der Waals surface area contributed by atoms with E-state index in [1.165, 1.54) is 16.6 Å². The predicted molar refractivity (Wildman–Crippen MR) is 149 cm³/mol. The molecule has 1 aliphatic rings. The summed E-state index contributed by atoms with van der Waals surface area (Å²) in [5.41, 5.74) is 3.05. The van der Waals surface area contributed by atoms with E-state index in [0.29, 0.717) is 19.3 Å². The van der Waals surface area contributed by atoms with Crippen LogP contribution in [0.25, 0.3) is 11.1 Å². The molecule has 1 saturated heterocycles. The van der Waals surface area contributed by atoms with Gasteiger partial charge in [-0.25, -0.2) is 13.4 Å². The molecular formula is C30H37N3O4S. The minimum atomic E-state index is -3.88. The fourth-order valence-corrected chi connectivity index (χ4v) is 6.70. The van der Waals surface area contributed by atoms with Gasteiger partial charge in [-0.3, -0.25) is 4.79 Å². The van der Waals surface area contributed by atoms with Crippen LogP contribution in [0.5, 0.6) is 0 Å². The van der Waals surface area contributed by atoms with Crippen LogP contribution >= 0.6 is 0 Å². The average molecular weight is 536 g/mol. The predicted octanol–water partition coefficient (Wildman–Crippen LogP) is 4.60. The van der Waals surface area contributed by atoms with Crippen LogP contribution in [0.4, 0.5) is 0 Å². The number of carbonyl (C=O) groups excluding carboxylic acids is 1. The Kier molecular flexibility index (Phi) is 8.97. The third-order valence-corrected chi connectivity index (χ3v) is 9.07. The SMILES string of the molecule is CC(C)C[C@@H](C(=O)N[C@@H]1CC[C@@H](C)N(S(=O)(=O)c2ccccn2)C[C@H]1O)c1cccc(-c2ccccc2)c1. The molecule has 1 aromatic heterocycles. The summed E-state index contributed by atoms with van der Waals surface area (Å²) in [5, 5.41) is 14.1. The number of pyridine rings is 1. The summed E-state index contributed by atoms with van der Waals surface area (Å²) in [6, 6.07) is 22.0. The van der Waals surface area contributed by atoms with E-state index in [2.05, 4.69) is 30.2 Å². The Morgan fingerprint density at radius 1 is 1.03 bits per heavy atom.